The minimum Gasteiger partial charge on any atom is -0.506 e. The number of anilines is 1. The highest BCUT2D eigenvalue weighted by atomic mass is 28.4. The molecule has 0 bridgehead atoms. The number of aromatic nitrogens is 1. The third kappa shape index (κ3) is 10.8. The van der Waals surface area contributed by atoms with E-state index >= 15 is 0 Å². The summed E-state index contributed by atoms with van der Waals surface area (Å²) in [6, 6.07) is 20.4. The molecule has 1 aromatic heterocycles. The number of phenols is 1. The number of nitrogens with one attached hydrogen (secondary N) is 2. The molecular weight excluding hydrogens is 667 g/mol. The van der Waals surface area contributed by atoms with Gasteiger partial charge in [-0.25, -0.2) is 4.79 Å². The summed E-state index contributed by atoms with van der Waals surface area (Å²) in [6.07, 6.45) is -1.12. The van der Waals surface area contributed by atoms with Crippen LogP contribution in [0.5, 0.6) is 5.75 Å². The number of hydrogen-bond acceptors (Lipinski definition) is 7. The lowest BCUT2D eigenvalue weighted by molar-refractivity contribution is -0.136. The number of aromatic amines is 1. The molecule has 2 amide bonds. The third-order valence-corrected chi connectivity index (χ3v) is 13.4. The number of rotatable bonds is 12. The number of hydrogen-bond donors (Lipinski definition) is 4. The Labute approximate surface area is 299 Å². The second-order valence-corrected chi connectivity index (χ2v) is 20.1. The summed E-state index contributed by atoms with van der Waals surface area (Å²) in [4.78, 5) is 54.0. The van der Waals surface area contributed by atoms with Crippen molar-refractivity contribution in [3.8, 4) is 5.75 Å². The highest BCUT2D eigenvalue weighted by Crippen LogP contribution is 2.41. The maximum atomic E-state index is 13.8. The van der Waals surface area contributed by atoms with Gasteiger partial charge in [-0.3, -0.25) is 14.4 Å². The summed E-state index contributed by atoms with van der Waals surface area (Å²) in [5.41, 5.74) is 2.69. The normalized spacial score (nSPS) is 12.7. The lowest BCUT2D eigenvalue weighted by atomic mass is 10.0. The van der Waals surface area contributed by atoms with E-state index in [4.69, 9.17) is 14.3 Å². The molecule has 272 valence electrons. The molecule has 1 heterocycles. The van der Waals surface area contributed by atoms with Crippen molar-refractivity contribution in [1.29, 1.82) is 0 Å². The highest BCUT2D eigenvalue weighted by Gasteiger charge is 2.41. The number of aliphatic carboxylic acids is 1. The number of amides is 2. The summed E-state index contributed by atoms with van der Waals surface area (Å²) >= 11 is 0. The summed E-state index contributed by atoms with van der Waals surface area (Å²) in [6.45, 7) is 16.4. The van der Waals surface area contributed by atoms with E-state index < -0.39 is 32.1 Å². The fourth-order valence-electron chi connectivity index (χ4n) is 5.26. The Hall–Kier alpha value is -4.94. The molecule has 4 aromatic rings. The Balaban J connectivity index is 1.60. The van der Waals surface area contributed by atoms with Crippen LogP contribution in [0, 0.1) is 0 Å². The van der Waals surface area contributed by atoms with Crippen molar-refractivity contribution in [3.05, 3.63) is 105 Å². The molecule has 0 fully saturated rings. The second-order valence-electron chi connectivity index (χ2n) is 15.3. The quantitative estimate of drug-likeness (QED) is 0.110. The zero-order valence-electron chi connectivity index (χ0n) is 30.6. The Kier molecular flexibility index (Phi) is 11.8. The van der Waals surface area contributed by atoms with Crippen molar-refractivity contribution in [2.45, 2.75) is 90.8 Å². The summed E-state index contributed by atoms with van der Waals surface area (Å²) < 4.78 is 12.8. The van der Waals surface area contributed by atoms with Gasteiger partial charge < -0.3 is 34.6 Å². The molecular formula is C39H49N3O8Si. The maximum absolute atomic E-state index is 13.8. The largest absolute Gasteiger partial charge is 0.506 e. The van der Waals surface area contributed by atoms with Gasteiger partial charge in [-0.1, -0.05) is 63.2 Å². The SMILES string of the molecule is CC(C)(C)OC(=O)N(Cc1ccc(NC(=O)Cc2ccc(CC(=O)O)cc2)cc1)CC(O[Si](C)(C)C(C)(C)C)c1ccc(O)c2[nH]c(=O)ccc12. The number of fused-ring (bicyclic) bond motifs is 1. The second kappa shape index (κ2) is 15.5. The van der Waals surface area contributed by atoms with Crippen molar-refractivity contribution in [1.82, 2.24) is 9.88 Å². The molecule has 0 aliphatic heterocycles. The Morgan fingerprint density at radius 1 is 0.843 bits per heavy atom. The first kappa shape index (κ1) is 38.9. The van der Waals surface area contributed by atoms with Gasteiger partial charge in [-0.05, 0) is 85.4 Å². The van der Waals surface area contributed by atoms with Crippen LogP contribution in [0.15, 0.2) is 77.6 Å². The monoisotopic (exact) mass is 715 g/mol. The van der Waals surface area contributed by atoms with Gasteiger partial charge in [0.05, 0.1) is 31.0 Å². The lowest BCUT2D eigenvalue weighted by Crippen LogP contribution is -2.45. The van der Waals surface area contributed by atoms with E-state index in [2.05, 4.69) is 44.2 Å². The molecule has 0 aliphatic carbocycles. The number of carbonyl (C=O) groups excluding carboxylic acids is 2. The van der Waals surface area contributed by atoms with Gasteiger partial charge in [-0.2, -0.15) is 0 Å². The molecule has 1 unspecified atom stereocenters. The van der Waals surface area contributed by atoms with Crippen molar-refractivity contribution >= 4 is 42.9 Å². The zero-order chi connectivity index (χ0) is 37.7. The van der Waals surface area contributed by atoms with E-state index in [1.54, 1.807) is 74.2 Å². The number of pyridine rings is 1. The van der Waals surface area contributed by atoms with Gasteiger partial charge in [0, 0.05) is 23.7 Å². The minimum atomic E-state index is -2.44. The topological polar surface area (TPSA) is 158 Å². The molecule has 3 aromatic carbocycles. The molecule has 4 N–H and O–H groups in total. The number of carboxylic acids is 1. The van der Waals surface area contributed by atoms with E-state index in [1.165, 1.54) is 12.1 Å². The Morgan fingerprint density at radius 3 is 2.00 bits per heavy atom. The van der Waals surface area contributed by atoms with Crippen molar-refractivity contribution in [2.75, 3.05) is 11.9 Å². The number of carboxylic acid groups (broad SMARTS) is 1. The van der Waals surface area contributed by atoms with Crippen LogP contribution < -0.4 is 10.9 Å². The van der Waals surface area contributed by atoms with Crippen molar-refractivity contribution in [2.24, 2.45) is 0 Å². The first-order chi connectivity index (χ1) is 23.7. The molecule has 0 aliphatic rings. The predicted molar refractivity (Wildman–Crippen MR) is 200 cm³/mol. The van der Waals surface area contributed by atoms with Gasteiger partial charge in [0.25, 0.3) is 0 Å². The van der Waals surface area contributed by atoms with E-state index in [0.29, 0.717) is 27.7 Å². The van der Waals surface area contributed by atoms with Crippen LogP contribution in [0.3, 0.4) is 0 Å². The minimum absolute atomic E-state index is 0.0673. The third-order valence-electron chi connectivity index (χ3n) is 8.89. The average molecular weight is 716 g/mol. The standard InChI is InChI=1S/C39H49N3O8Si/c1-38(2,3)49-37(48)42(23-27-13-15-28(16-14-27)40-34(45)21-25-9-11-26(12-10-25)22-35(46)47)24-32(50-51(7,8)39(4,5)6)29-17-19-31(43)36-30(29)18-20-33(44)41-36/h9-20,32,43H,21-24H2,1-8H3,(H,40,45)(H,41,44)(H,46,47). The Morgan fingerprint density at radius 2 is 1.43 bits per heavy atom. The number of carbonyl (C=O) groups is 3. The van der Waals surface area contributed by atoms with Gasteiger partial charge in [-0.15, -0.1) is 0 Å². The van der Waals surface area contributed by atoms with E-state index in [0.717, 1.165) is 11.1 Å². The van der Waals surface area contributed by atoms with Crippen LogP contribution in [-0.2, 0) is 38.1 Å². The van der Waals surface area contributed by atoms with Crippen LogP contribution >= 0.6 is 0 Å². The Bertz CT molecular complexity index is 1920. The average Bonchev–Trinajstić information content (AvgIpc) is 3.01. The van der Waals surface area contributed by atoms with E-state index in [-0.39, 0.29) is 48.2 Å². The van der Waals surface area contributed by atoms with Crippen LogP contribution in [0.25, 0.3) is 10.9 Å². The first-order valence-corrected chi connectivity index (χ1v) is 19.8. The molecule has 0 spiro atoms. The maximum Gasteiger partial charge on any atom is 0.410 e. The number of nitrogens with zero attached hydrogens (tertiary/aromatic N) is 1. The van der Waals surface area contributed by atoms with E-state index in [9.17, 15) is 24.3 Å². The summed E-state index contributed by atoms with van der Waals surface area (Å²) in [5.74, 6) is -1.21. The molecule has 0 saturated heterocycles. The number of ether oxygens (including phenoxy) is 1. The molecule has 1 atom stereocenters. The van der Waals surface area contributed by atoms with Gasteiger partial charge >= 0.3 is 12.1 Å². The molecule has 12 heteroatoms. The number of benzene rings is 3. The van der Waals surface area contributed by atoms with Gasteiger partial charge in [0.15, 0.2) is 8.32 Å². The number of H-pyrrole nitrogens is 1. The predicted octanol–water partition coefficient (Wildman–Crippen LogP) is 7.54. The van der Waals surface area contributed by atoms with Crippen molar-refractivity contribution < 1.29 is 33.8 Å². The fourth-order valence-corrected chi connectivity index (χ4v) is 6.52. The molecule has 51 heavy (non-hydrogen) atoms. The fraction of sp³-hybridized carbons (Fsp3) is 0.385. The van der Waals surface area contributed by atoms with Crippen LogP contribution in [0.4, 0.5) is 10.5 Å². The van der Waals surface area contributed by atoms with Gasteiger partial charge in [0.2, 0.25) is 11.5 Å². The first-order valence-electron chi connectivity index (χ1n) is 16.9. The smallest absolute Gasteiger partial charge is 0.410 e. The summed E-state index contributed by atoms with van der Waals surface area (Å²) in [7, 11) is -2.44. The molecule has 0 radical (unpaired) electrons. The van der Waals surface area contributed by atoms with Crippen LogP contribution in [-0.4, -0.2) is 58.5 Å². The lowest BCUT2D eigenvalue weighted by Gasteiger charge is -2.41. The van der Waals surface area contributed by atoms with Gasteiger partial charge in [0.1, 0.15) is 11.4 Å². The van der Waals surface area contributed by atoms with Crippen molar-refractivity contribution in [3.63, 3.8) is 0 Å². The zero-order valence-corrected chi connectivity index (χ0v) is 31.6. The summed E-state index contributed by atoms with van der Waals surface area (Å²) in [5, 5.41) is 22.9. The highest BCUT2D eigenvalue weighted by molar-refractivity contribution is 6.74. The molecule has 4 rings (SSSR count). The number of aromatic hydroxyl groups is 1. The number of phenolic OH excluding ortho intramolecular Hbond substituents is 1. The molecule has 0 saturated carbocycles. The van der Waals surface area contributed by atoms with E-state index in [1.807, 2.05) is 12.1 Å². The molecule has 11 nitrogen and oxygen atoms in total. The van der Waals surface area contributed by atoms with Crippen LogP contribution in [0.1, 0.15) is 69.9 Å². The van der Waals surface area contributed by atoms with Crippen LogP contribution in [0.2, 0.25) is 18.1 Å².